The van der Waals surface area contributed by atoms with Gasteiger partial charge in [0.2, 0.25) is 0 Å². The van der Waals surface area contributed by atoms with Crippen molar-refractivity contribution < 1.29 is 0 Å². The average Bonchev–Trinajstić information content (AvgIpc) is 3.01. The molecule has 0 atom stereocenters. The van der Waals surface area contributed by atoms with Gasteiger partial charge in [-0.15, -0.1) is 0 Å². The van der Waals surface area contributed by atoms with E-state index in [4.69, 9.17) is 18.0 Å². The van der Waals surface area contributed by atoms with E-state index in [1.807, 2.05) is 6.07 Å². The molecule has 5 heteroatoms. The van der Waals surface area contributed by atoms with Crippen molar-refractivity contribution in [3.63, 3.8) is 0 Å². The summed E-state index contributed by atoms with van der Waals surface area (Å²) in [5.41, 5.74) is 8.06. The van der Waals surface area contributed by atoms with Crippen LogP contribution in [0.15, 0.2) is 22.7 Å². The van der Waals surface area contributed by atoms with Gasteiger partial charge in [0.05, 0.1) is 0 Å². The number of halogens is 1. The first-order chi connectivity index (χ1) is 10.2. The molecule has 3 rings (SSSR count). The maximum Gasteiger partial charge on any atom is 0.107 e. The van der Waals surface area contributed by atoms with Crippen LogP contribution < -0.4 is 10.6 Å². The quantitative estimate of drug-likeness (QED) is 0.831. The third-order valence-electron chi connectivity index (χ3n) is 4.73. The highest BCUT2D eigenvalue weighted by Gasteiger charge is 2.27. The molecule has 1 aliphatic heterocycles. The van der Waals surface area contributed by atoms with Crippen LogP contribution in [0.1, 0.15) is 31.2 Å². The van der Waals surface area contributed by atoms with Gasteiger partial charge in [-0.1, -0.05) is 31.1 Å². The van der Waals surface area contributed by atoms with Gasteiger partial charge in [0.25, 0.3) is 0 Å². The van der Waals surface area contributed by atoms with Crippen molar-refractivity contribution in [3.8, 4) is 0 Å². The Kier molecular flexibility index (Phi) is 4.82. The molecule has 0 amide bonds. The average molecular weight is 368 g/mol. The number of hydrogen-bond acceptors (Lipinski definition) is 3. The van der Waals surface area contributed by atoms with Crippen LogP contribution in [0, 0.1) is 0 Å². The number of nitrogens with two attached hydrogens (primary N) is 1. The van der Waals surface area contributed by atoms with Crippen molar-refractivity contribution in [2.24, 2.45) is 5.73 Å². The lowest BCUT2D eigenvalue weighted by Gasteiger charge is -2.39. The van der Waals surface area contributed by atoms with E-state index in [1.165, 1.54) is 31.4 Å². The highest BCUT2D eigenvalue weighted by atomic mass is 79.9. The summed E-state index contributed by atoms with van der Waals surface area (Å²) in [7, 11) is 0. The summed E-state index contributed by atoms with van der Waals surface area (Å²) in [5.74, 6) is 0. The van der Waals surface area contributed by atoms with Crippen LogP contribution in [-0.2, 0) is 0 Å². The molecule has 0 bridgehead atoms. The number of piperazine rings is 1. The van der Waals surface area contributed by atoms with Gasteiger partial charge >= 0.3 is 0 Å². The van der Waals surface area contributed by atoms with E-state index in [0.717, 1.165) is 42.3 Å². The fourth-order valence-electron chi connectivity index (χ4n) is 3.62. The van der Waals surface area contributed by atoms with E-state index in [0.29, 0.717) is 4.99 Å². The van der Waals surface area contributed by atoms with Crippen LogP contribution in [-0.4, -0.2) is 42.1 Å². The van der Waals surface area contributed by atoms with Gasteiger partial charge in [-0.2, -0.15) is 0 Å². The van der Waals surface area contributed by atoms with Gasteiger partial charge < -0.3 is 10.6 Å². The maximum absolute atomic E-state index is 5.91. The summed E-state index contributed by atoms with van der Waals surface area (Å²) in [6, 6.07) is 7.02. The van der Waals surface area contributed by atoms with Crippen LogP contribution in [0.3, 0.4) is 0 Å². The van der Waals surface area contributed by atoms with Gasteiger partial charge in [-0.05, 0) is 40.9 Å². The minimum Gasteiger partial charge on any atom is -0.389 e. The van der Waals surface area contributed by atoms with Gasteiger partial charge in [-0.3, -0.25) is 4.90 Å². The molecule has 114 valence electrons. The molecule has 0 radical (unpaired) electrons. The normalized spacial score (nSPS) is 20.9. The molecule has 0 unspecified atom stereocenters. The first-order valence-electron chi connectivity index (χ1n) is 7.74. The molecule has 21 heavy (non-hydrogen) atoms. The van der Waals surface area contributed by atoms with E-state index in [9.17, 15) is 0 Å². The van der Waals surface area contributed by atoms with Crippen molar-refractivity contribution in [2.45, 2.75) is 31.7 Å². The minimum absolute atomic E-state index is 0.468. The second-order valence-corrected chi connectivity index (χ2v) is 7.25. The Morgan fingerprint density at radius 3 is 2.43 bits per heavy atom. The van der Waals surface area contributed by atoms with Crippen molar-refractivity contribution in [1.29, 1.82) is 0 Å². The molecule has 3 nitrogen and oxygen atoms in total. The molecule has 2 aliphatic rings. The second-order valence-electron chi connectivity index (χ2n) is 5.96. The maximum atomic E-state index is 5.91. The molecule has 0 spiro atoms. The minimum atomic E-state index is 0.468. The standard InChI is InChI=1S/C16H22BrN3S/c17-13-6-3-7-14(15(13)16(18)21)20-10-8-19(9-11-20)12-4-1-2-5-12/h3,6-7,12H,1-2,4-5,8-11H2,(H2,18,21). The zero-order chi connectivity index (χ0) is 14.8. The zero-order valence-electron chi connectivity index (χ0n) is 12.2. The number of thiocarbonyl (C=S) groups is 1. The number of benzene rings is 1. The monoisotopic (exact) mass is 367 g/mol. The second kappa shape index (κ2) is 6.63. The van der Waals surface area contributed by atoms with Crippen LogP contribution in [0.25, 0.3) is 0 Å². The molecule has 0 aromatic heterocycles. The van der Waals surface area contributed by atoms with Gasteiger partial charge in [-0.25, -0.2) is 0 Å². The lowest BCUT2D eigenvalue weighted by molar-refractivity contribution is 0.187. The van der Waals surface area contributed by atoms with Gasteiger partial charge in [0.15, 0.2) is 0 Å². The van der Waals surface area contributed by atoms with Crippen molar-refractivity contribution in [1.82, 2.24) is 4.90 Å². The fourth-order valence-corrected chi connectivity index (χ4v) is 4.53. The smallest absolute Gasteiger partial charge is 0.107 e. The SMILES string of the molecule is NC(=S)c1c(Br)cccc1N1CCN(C2CCCC2)CC1. The molecule has 1 aromatic rings. The number of nitrogens with zero attached hydrogens (tertiary/aromatic N) is 2. The first-order valence-corrected chi connectivity index (χ1v) is 8.94. The molecule has 1 aromatic carbocycles. The third kappa shape index (κ3) is 3.25. The van der Waals surface area contributed by atoms with Crippen LogP contribution in [0.4, 0.5) is 5.69 Å². The van der Waals surface area contributed by atoms with Gasteiger partial charge in [0.1, 0.15) is 4.99 Å². The molecule has 2 N–H and O–H groups in total. The van der Waals surface area contributed by atoms with Crippen molar-refractivity contribution >= 4 is 38.8 Å². The summed E-state index contributed by atoms with van der Waals surface area (Å²) in [6.45, 7) is 4.41. The topological polar surface area (TPSA) is 32.5 Å². The van der Waals surface area contributed by atoms with Crippen LogP contribution in [0.2, 0.25) is 0 Å². The molecule has 1 saturated carbocycles. The lowest BCUT2D eigenvalue weighted by Crippen LogP contribution is -2.50. The Balaban J connectivity index is 1.72. The molecule has 1 aliphatic carbocycles. The van der Waals surface area contributed by atoms with E-state index in [-0.39, 0.29) is 0 Å². The summed E-state index contributed by atoms with van der Waals surface area (Å²) in [4.78, 5) is 5.56. The Labute approximate surface area is 140 Å². The van der Waals surface area contributed by atoms with Crippen molar-refractivity contribution in [3.05, 3.63) is 28.2 Å². The molecule has 2 fully saturated rings. The van der Waals surface area contributed by atoms with Crippen molar-refractivity contribution in [2.75, 3.05) is 31.1 Å². The predicted octanol–water partition coefficient (Wildman–Crippen LogP) is 3.15. The molecule has 1 saturated heterocycles. The Hall–Kier alpha value is -0.650. The number of anilines is 1. The van der Waals surface area contributed by atoms with Crippen LogP contribution >= 0.6 is 28.1 Å². The number of rotatable bonds is 3. The predicted molar refractivity (Wildman–Crippen MR) is 96.1 cm³/mol. The molecule has 1 heterocycles. The summed E-state index contributed by atoms with van der Waals surface area (Å²) in [5, 5.41) is 0. The Morgan fingerprint density at radius 2 is 1.81 bits per heavy atom. The van der Waals surface area contributed by atoms with Crippen LogP contribution in [0.5, 0.6) is 0 Å². The Bertz CT molecular complexity index is 520. The Morgan fingerprint density at radius 1 is 1.14 bits per heavy atom. The first kappa shape index (κ1) is 15.3. The third-order valence-corrected chi connectivity index (χ3v) is 5.60. The van der Waals surface area contributed by atoms with E-state index in [1.54, 1.807) is 0 Å². The number of hydrogen-bond donors (Lipinski definition) is 1. The zero-order valence-corrected chi connectivity index (χ0v) is 14.6. The van der Waals surface area contributed by atoms with Gasteiger partial charge in [0, 0.05) is 47.9 Å². The fraction of sp³-hybridized carbons (Fsp3) is 0.562. The highest BCUT2D eigenvalue weighted by Crippen LogP contribution is 2.30. The summed E-state index contributed by atoms with van der Waals surface area (Å²) >= 11 is 8.80. The van der Waals surface area contributed by atoms with E-state index in [2.05, 4.69) is 37.9 Å². The molecular formula is C16H22BrN3S. The summed E-state index contributed by atoms with van der Waals surface area (Å²) < 4.78 is 0.991. The summed E-state index contributed by atoms with van der Waals surface area (Å²) in [6.07, 6.45) is 5.58. The highest BCUT2D eigenvalue weighted by molar-refractivity contribution is 9.10. The lowest BCUT2D eigenvalue weighted by atomic mass is 10.1. The molecular weight excluding hydrogens is 346 g/mol. The van der Waals surface area contributed by atoms with E-state index < -0.39 is 0 Å². The largest absolute Gasteiger partial charge is 0.389 e. The van der Waals surface area contributed by atoms with E-state index >= 15 is 0 Å².